The summed E-state index contributed by atoms with van der Waals surface area (Å²) in [6, 6.07) is 3.42. The molecule has 0 aliphatic carbocycles. The Labute approximate surface area is 190 Å². The standard InChI is InChI=1S/C13H18O3.C12H16O4/c1-5-7-9-8-11(15-3)12(14)13(16-4)10(9)6-2;1-5-6-8-7-9(13)11(15-3)12(16-4)10(8)14-2/h5,8,14H,1,6-7H2,2-4H3;5,7,13H,1,6H2,2-4H3. The molecule has 32 heavy (non-hydrogen) atoms. The fraction of sp³-hybridized carbons (Fsp3) is 0.360. The molecule has 0 aromatic heterocycles. The van der Waals surface area contributed by atoms with E-state index in [1.165, 1.54) is 21.3 Å². The van der Waals surface area contributed by atoms with Crippen LogP contribution in [0.4, 0.5) is 0 Å². The maximum atomic E-state index is 9.92. The van der Waals surface area contributed by atoms with Crippen LogP contribution in [-0.2, 0) is 19.3 Å². The highest BCUT2D eigenvalue weighted by Crippen LogP contribution is 2.46. The predicted octanol–water partition coefficient (Wildman–Crippen LogP) is 4.85. The third-order valence-electron chi connectivity index (χ3n) is 4.78. The number of benzene rings is 2. The van der Waals surface area contributed by atoms with Gasteiger partial charge in [0, 0.05) is 11.1 Å². The smallest absolute Gasteiger partial charge is 0.207 e. The molecule has 0 saturated heterocycles. The van der Waals surface area contributed by atoms with Crippen LogP contribution < -0.4 is 23.7 Å². The molecule has 0 bridgehead atoms. The van der Waals surface area contributed by atoms with E-state index < -0.39 is 0 Å². The molecule has 7 heteroatoms. The minimum Gasteiger partial charge on any atom is -0.504 e. The van der Waals surface area contributed by atoms with Crippen LogP contribution in [0.3, 0.4) is 0 Å². The Balaban J connectivity index is 0.000000320. The third kappa shape index (κ3) is 5.81. The van der Waals surface area contributed by atoms with E-state index in [1.807, 2.05) is 19.1 Å². The van der Waals surface area contributed by atoms with E-state index in [2.05, 4.69) is 13.2 Å². The molecule has 0 fully saturated rings. The molecule has 0 atom stereocenters. The van der Waals surface area contributed by atoms with Gasteiger partial charge in [-0.1, -0.05) is 19.1 Å². The fourth-order valence-corrected chi connectivity index (χ4v) is 3.39. The quantitative estimate of drug-likeness (QED) is 0.505. The summed E-state index contributed by atoms with van der Waals surface area (Å²) in [7, 11) is 7.58. The first-order valence-electron chi connectivity index (χ1n) is 10.1. The summed E-state index contributed by atoms with van der Waals surface area (Å²) in [5.74, 6) is 2.24. The maximum absolute atomic E-state index is 9.92. The van der Waals surface area contributed by atoms with E-state index in [0.717, 1.165) is 29.5 Å². The van der Waals surface area contributed by atoms with E-state index in [4.69, 9.17) is 23.7 Å². The molecule has 2 aromatic carbocycles. The molecular weight excluding hydrogens is 412 g/mol. The number of phenols is 2. The predicted molar refractivity (Wildman–Crippen MR) is 126 cm³/mol. The topological polar surface area (TPSA) is 86.6 Å². The van der Waals surface area contributed by atoms with Crippen LogP contribution >= 0.6 is 0 Å². The molecule has 2 N–H and O–H groups in total. The third-order valence-corrected chi connectivity index (χ3v) is 4.78. The average Bonchev–Trinajstić information content (AvgIpc) is 2.79. The first-order valence-corrected chi connectivity index (χ1v) is 10.1. The summed E-state index contributed by atoms with van der Waals surface area (Å²) in [6.07, 6.45) is 5.66. The van der Waals surface area contributed by atoms with Crippen molar-refractivity contribution in [1.82, 2.24) is 0 Å². The second-order valence-electron chi connectivity index (χ2n) is 6.59. The average molecular weight is 447 g/mol. The Kier molecular flexibility index (Phi) is 10.8. The molecule has 0 amide bonds. The summed E-state index contributed by atoms with van der Waals surface area (Å²) in [5, 5.41) is 19.7. The van der Waals surface area contributed by atoms with Gasteiger partial charge in [-0.2, -0.15) is 0 Å². The lowest BCUT2D eigenvalue weighted by molar-refractivity contribution is 0.309. The molecule has 2 aromatic rings. The zero-order valence-corrected chi connectivity index (χ0v) is 19.8. The van der Waals surface area contributed by atoms with E-state index in [9.17, 15) is 10.2 Å². The van der Waals surface area contributed by atoms with Crippen LogP contribution in [0, 0.1) is 0 Å². The number of rotatable bonds is 10. The van der Waals surface area contributed by atoms with Gasteiger partial charge in [-0.05, 0) is 37.0 Å². The number of ether oxygens (including phenoxy) is 5. The van der Waals surface area contributed by atoms with Crippen molar-refractivity contribution in [3.63, 3.8) is 0 Å². The van der Waals surface area contributed by atoms with Crippen molar-refractivity contribution in [3.8, 4) is 40.2 Å². The number of methoxy groups -OCH3 is 5. The summed E-state index contributed by atoms with van der Waals surface area (Å²) < 4.78 is 25.8. The van der Waals surface area contributed by atoms with Crippen LogP contribution in [0.25, 0.3) is 0 Å². The van der Waals surface area contributed by atoms with Crippen molar-refractivity contribution < 1.29 is 33.9 Å². The molecule has 0 heterocycles. The minimum absolute atomic E-state index is 0.0250. The molecule has 0 aliphatic rings. The van der Waals surface area contributed by atoms with Gasteiger partial charge >= 0.3 is 0 Å². The van der Waals surface area contributed by atoms with Crippen LogP contribution in [0.15, 0.2) is 37.4 Å². The largest absolute Gasteiger partial charge is 0.504 e. The van der Waals surface area contributed by atoms with Crippen molar-refractivity contribution in [3.05, 3.63) is 54.1 Å². The Bertz CT molecular complexity index is 919. The Hall–Kier alpha value is -3.48. The molecule has 0 radical (unpaired) electrons. The Morgan fingerprint density at radius 3 is 1.69 bits per heavy atom. The number of hydrogen-bond acceptors (Lipinski definition) is 7. The van der Waals surface area contributed by atoms with Gasteiger partial charge in [0.15, 0.2) is 23.0 Å². The van der Waals surface area contributed by atoms with Gasteiger partial charge in [0.25, 0.3) is 0 Å². The van der Waals surface area contributed by atoms with Crippen molar-refractivity contribution in [1.29, 1.82) is 0 Å². The van der Waals surface area contributed by atoms with E-state index in [0.29, 0.717) is 29.4 Å². The highest BCUT2D eigenvalue weighted by atomic mass is 16.5. The monoisotopic (exact) mass is 446 g/mol. The molecule has 0 saturated carbocycles. The van der Waals surface area contributed by atoms with Gasteiger partial charge in [-0.25, -0.2) is 0 Å². The Morgan fingerprint density at radius 2 is 1.25 bits per heavy atom. The van der Waals surface area contributed by atoms with Gasteiger partial charge in [-0.15, -0.1) is 13.2 Å². The highest BCUT2D eigenvalue weighted by Gasteiger charge is 2.19. The van der Waals surface area contributed by atoms with Crippen LogP contribution in [0.5, 0.6) is 40.2 Å². The highest BCUT2D eigenvalue weighted by molar-refractivity contribution is 5.62. The van der Waals surface area contributed by atoms with Gasteiger partial charge in [0.05, 0.1) is 35.5 Å². The molecular formula is C25H34O7. The lowest BCUT2D eigenvalue weighted by Gasteiger charge is -2.16. The molecule has 0 unspecified atom stereocenters. The van der Waals surface area contributed by atoms with Gasteiger partial charge < -0.3 is 33.9 Å². The summed E-state index contributed by atoms with van der Waals surface area (Å²) in [4.78, 5) is 0. The SMILES string of the molecule is C=CCc1cc(O)c(OC)c(OC)c1OC.C=CCc1cc(OC)c(O)c(OC)c1CC. The van der Waals surface area contributed by atoms with Gasteiger partial charge in [0.1, 0.15) is 0 Å². The normalized spacial score (nSPS) is 9.81. The van der Waals surface area contributed by atoms with Crippen molar-refractivity contribution in [2.75, 3.05) is 35.5 Å². The van der Waals surface area contributed by atoms with Crippen LogP contribution in [0.2, 0.25) is 0 Å². The number of hydrogen-bond donors (Lipinski definition) is 2. The molecule has 0 aliphatic heterocycles. The summed E-state index contributed by atoms with van der Waals surface area (Å²) in [6.45, 7) is 9.39. The zero-order chi connectivity index (χ0) is 24.3. The lowest BCUT2D eigenvalue weighted by Crippen LogP contribution is -1.99. The fourth-order valence-electron chi connectivity index (χ4n) is 3.39. The summed E-state index contributed by atoms with van der Waals surface area (Å²) in [5.41, 5.74) is 2.87. The first-order chi connectivity index (χ1) is 15.4. The molecule has 2 rings (SSSR count). The second-order valence-corrected chi connectivity index (χ2v) is 6.59. The van der Waals surface area contributed by atoms with E-state index in [1.54, 1.807) is 26.4 Å². The zero-order valence-electron chi connectivity index (χ0n) is 19.8. The molecule has 176 valence electrons. The van der Waals surface area contributed by atoms with Crippen LogP contribution in [0.1, 0.15) is 23.6 Å². The maximum Gasteiger partial charge on any atom is 0.207 e. The van der Waals surface area contributed by atoms with Crippen LogP contribution in [-0.4, -0.2) is 45.8 Å². The summed E-state index contributed by atoms with van der Waals surface area (Å²) >= 11 is 0. The second kappa shape index (κ2) is 13.0. The molecule has 0 spiro atoms. The first kappa shape index (κ1) is 26.6. The minimum atomic E-state index is 0.0250. The van der Waals surface area contributed by atoms with Crippen molar-refractivity contribution in [2.24, 2.45) is 0 Å². The molecule has 7 nitrogen and oxygen atoms in total. The van der Waals surface area contributed by atoms with E-state index >= 15 is 0 Å². The lowest BCUT2D eigenvalue weighted by atomic mass is 10.00. The van der Waals surface area contributed by atoms with E-state index in [-0.39, 0.29) is 17.2 Å². The number of allylic oxidation sites excluding steroid dienone is 2. The Morgan fingerprint density at radius 1 is 0.719 bits per heavy atom. The number of aromatic hydroxyl groups is 2. The van der Waals surface area contributed by atoms with Crippen molar-refractivity contribution in [2.45, 2.75) is 26.2 Å². The van der Waals surface area contributed by atoms with Gasteiger partial charge in [0.2, 0.25) is 17.2 Å². The van der Waals surface area contributed by atoms with Gasteiger partial charge in [-0.3, -0.25) is 0 Å². The number of phenolic OH excluding ortho intramolecular Hbond substituents is 2. The van der Waals surface area contributed by atoms with Crippen molar-refractivity contribution >= 4 is 0 Å².